The minimum atomic E-state index is -0.544. The molecule has 0 aliphatic heterocycles. The Morgan fingerprint density at radius 1 is 0.657 bits per heavy atom. The standard InChI is InChI=1S/C28H32N4O3/c1-5-7-21-9-13-23(14-10-21)19(3)29-31-27(33)25-17-18-26(35-25)28(34)32-30-20(4)24-15-11-22(8-6-2)12-16-24/h9-18H,5-8H2,1-4H3,(H,31,33)(H,32,34)/b29-19+,30-20+. The summed E-state index contributed by atoms with van der Waals surface area (Å²) in [6.07, 6.45) is 4.23. The van der Waals surface area contributed by atoms with Crippen molar-refractivity contribution in [3.05, 3.63) is 94.4 Å². The highest BCUT2D eigenvalue weighted by molar-refractivity contribution is 6.01. The van der Waals surface area contributed by atoms with Gasteiger partial charge < -0.3 is 4.42 Å². The number of rotatable bonds is 10. The fourth-order valence-electron chi connectivity index (χ4n) is 3.49. The number of carbonyl (C=O) groups excluding carboxylic acids is 2. The zero-order valence-corrected chi connectivity index (χ0v) is 20.7. The third-order valence-corrected chi connectivity index (χ3v) is 5.52. The first kappa shape index (κ1) is 25.6. The van der Waals surface area contributed by atoms with Crippen LogP contribution in [0.25, 0.3) is 0 Å². The highest BCUT2D eigenvalue weighted by atomic mass is 16.4. The Bertz CT molecular complexity index is 1110. The lowest BCUT2D eigenvalue weighted by atomic mass is 10.1. The summed E-state index contributed by atoms with van der Waals surface area (Å²) in [5.74, 6) is -1.12. The van der Waals surface area contributed by atoms with Crippen LogP contribution in [0.15, 0.2) is 75.3 Å². The van der Waals surface area contributed by atoms with E-state index in [0.29, 0.717) is 11.4 Å². The van der Waals surface area contributed by atoms with Crippen LogP contribution >= 0.6 is 0 Å². The van der Waals surface area contributed by atoms with Crippen molar-refractivity contribution < 1.29 is 14.0 Å². The summed E-state index contributed by atoms with van der Waals surface area (Å²) >= 11 is 0. The van der Waals surface area contributed by atoms with Crippen LogP contribution < -0.4 is 10.9 Å². The second-order valence-electron chi connectivity index (χ2n) is 8.33. The van der Waals surface area contributed by atoms with Crippen molar-refractivity contribution in [1.29, 1.82) is 0 Å². The molecule has 1 aromatic heterocycles. The fourth-order valence-corrected chi connectivity index (χ4v) is 3.49. The molecule has 182 valence electrons. The van der Waals surface area contributed by atoms with Gasteiger partial charge in [0.2, 0.25) is 0 Å². The number of hydrogen-bond donors (Lipinski definition) is 2. The molecule has 0 radical (unpaired) electrons. The van der Waals surface area contributed by atoms with E-state index >= 15 is 0 Å². The Kier molecular flexibility index (Phi) is 9.12. The van der Waals surface area contributed by atoms with E-state index in [1.165, 1.54) is 23.3 Å². The van der Waals surface area contributed by atoms with E-state index in [0.717, 1.165) is 36.8 Å². The molecule has 2 amide bonds. The van der Waals surface area contributed by atoms with E-state index in [1.54, 1.807) is 0 Å². The lowest BCUT2D eigenvalue weighted by molar-refractivity contribution is 0.0902. The lowest BCUT2D eigenvalue weighted by Crippen LogP contribution is -2.20. The largest absolute Gasteiger partial charge is 0.446 e. The predicted molar refractivity (Wildman–Crippen MR) is 139 cm³/mol. The van der Waals surface area contributed by atoms with Crippen molar-refractivity contribution in [1.82, 2.24) is 10.9 Å². The zero-order valence-electron chi connectivity index (χ0n) is 20.7. The van der Waals surface area contributed by atoms with Crippen LogP contribution in [0.3, 0.4) is 0 Å². The molecular weight excluding hydrogens is 440 g/mol. The molecule has 7 nitrogen and oxygen atoms in total. The Morgan fingerprint density at radius 2 is 1.03 bits per heavy atom. The van der Waals surface area contributed by atoms with Crippen molar-refractivity contribution in [2.24, 2.45) is 10.2 Å². The minimum absolute atomic E-state index is 0.0165. The molecule has 35 heavy (non-hydrogen) atoms. The number of amides is 2. The van der Waals surface area contributed by atoms with Gasteiger partial charge in [0.25, 0.3) is 0 Å². The number of aryl methyl sites for hydroxylation is 2. The third-order valence-electron chi connectivity index (χ3n) is 5.52. The Hall–Kier alpha value is -4.00. The quantitative estimate of drug-likeness (QED) is 0.301. The summed E-state index contributed by atoms with van der Waals surface area (Å²) in [6, 6.07) is 19.0. The number of nitrogens with zero attached hydrogens (tertiary/aromatic N) is 2. The number of hydrogen-bond acceptors (Lipinski definition) is 5. The van der Waals surface area contributed by atoms with Gasteiger partial charge in [-0.15, -0.1) is 0 Å². The van der Waals surface area contributed by atoms with Gasteiger partial charge in [-0.25, -0.2) is 10.9 Å². The maximum absolute atomic E-state index is 12.4. The van der Waals surface area contributed by atoms with E-state index in [2.05, 4.69) is 59.2 Å². The molecule has 2 aromatic carbocycles. The van der Waals surface area contributed by atoms with Gasteiger partial charge in [0.15, 0.2) is 11.5 Å². The highest BCUT2D eigenvalue weighted by Crippen LogP contribution is 2.11. The Morgan fingerprint density at radius 3 is 1.37 bits per heavy atom. The molecule has 0 aliphatic rings. The molecule has 3 rings (SSSR count). The smallest absolute Gasteiger partial charge is 0.307 e. The average molecular weight is 473 g/mol. The minimum Gasteiger partial charge on any atom is -0.446 e. The number of furan rings is 1. The number of carbonyl (C=O) groups is 2. The molecule has 0 saturated heterocycles. The van der Waals surface area contributed by atoms with Gasteiger partial charge in [0, 0.05) is 0 Å². The van der Waals surface area contributed by atoms with E-state index in [9.17, 15) is 9.59 Å². The van der Waals surface area contributed by atoms with Crippen LogP contribution in [-0.4, -0.2) is 23.2 Å². The molecule has 0 unspecified atom stereocenters. The third kappa shape index (κ3) is 7.24. The molecule has 1 heterocycles. The molecule has 2 N–H and O–H groups in total. The van der Waals surface area contributed by atoms with Crippen LogP contribution in [-0.2, 0) is 12.8 Å². The van der Waals surface area contributed by atoms with Crippen LogP contribution in [0.5, 0.6) is 0 Å². The van der Waals surface area contributed by atoms with Crippen LogP contribution in [0.4, 0.5) is 0 Å². The Balaban J connectivity index is 1.57. The number of hydrazone groups is 2. The van der Waals surface area contributed by atoms with Crippen molar-refractivity contribution in [2.75, 3.05) is 0 Å². The molecule has 7 heteroatoms. The molecular formula is C28H32N4O3. The molecule has 0 aliphatic carbocycles. The number of nitrogens with one attached hydrogen (secondary N) is 2. The van der Waals surface area contributed by atoms with E-state index < -0.39 is 11.8 Å². The first-order valence-electron chi connectivity index (χ1n) is 11.9. The van der Waals surface area contributed by atoms with Crippen LogP contribution in [0.1, 0.15) is 83.9 Å². The SMILES string of the molecule is CCCc1ccc(/C(C)=N/NC(=O)c2ccc(C(=O)N/N=C(\C)c3ccc(CCC)cc3)o2)cc1. The van der Waals surface area contributed by atoms with Gasteiger partial charge in [-0.3, -0.25) is 9.59 Å². The summed E-state index contributed by atoms with van der Waals surface area (Å²) in [7, 11) is 0. The summed E-state index contributed by atoms with van der Waals surface area (Å²) in [5, 5.41) is 8.29. The molecule has 0 atom stereocenters. The molecule has 0 spiro atoms. The van der Waals surface area contributed by atoms with Crippen molar-refractivity contribution in [3.63, 3.8) is 0 Å². The second-order valence-corrected chi connectivity index (χ2v) is 8.33. The normalized spacial score (nSPS) is 11.9. The first-order chi connectivity index (χ1) is 16.9. The van der Waals surface area contributed by atoms with Gasteiger partial charge in [-0.05, 0) is 61.1 Å². The van der Waals surface area contributed by atoms with Gasteiger partial charge >= 0.3 is 11.8 Å². The van der Waals surface area contributed by atoms with Crippen LogP contribution in [0.2, 0.25) is 0 Å². The number of benzene rings is 2. The van der Waals surface area contributed by atoms with Gasteiger partial charge in [-0.2, -0.15) is 10.2 Å². The second kappa shape index (κ2) is 12.5. The summed E-state index contributed by atoms with van der Waals surface area (Å²) in [5.41, 5.74) is 10.6. The van der Waals surface area contributed by atoms with Gasteiger partial charge in [0.05, 0.1) is 11.4 Å². The predicted octanol–water partition coefficient (Wildman–Crippen LogP) is 5.49. The summed E-state index contributed by atoms with van der Waals surface area (Å²) in [6.45, 7) is 7.91. The molecule has 0 fully saturated rings. The molecule has 0 saturated carbocycles. The lowest BCUT2D eigenvalue weighted by Gasteiger charge is -2.04. The monoisotopic (exact) mass is 472 g/mol. The average Bonchev–Trinajstić information content (AvgIpc) is 3.37. The summed E-state index contributed by atoms with van der Waals surface area (Å²) in [4.78, 5) is 24.8. The van der Waals surface area contributed by atoms with Gasteiger partial charge in [-0.1, -0.05) is 75.2 Å². The molecule has 0 bridgehead atoms. The van der Waals surface area contributed by atoms with Crippen molar-refractivity contribution in [2.45, 2.75) is 53.4 Å². The zero-order chi connectivity index (χ0) is 25.2. The summed E-state index contributed by atoms with van der Waals surface area (Å²) < 4.78 is 5.41. The van der Waals surface area contributed by atoms with Crippen molar-refractivity contribution >= 4 is 23.2 Å². The maximum atomic E-state index is 12.4. The topological polar surface area (TPSA) is 96.1 Å². The van der Waals surface area contributed by atoms with E-state index in [4.69, 9.17) is 4.42 Å². The van der Waals surface area contributed by atoms with Crippen LogP contribution in [0, 0.1) is 0 Å². The maximum Gasteiger partial charge on any atom is 0.307 e. The fraction of sp³-hybridized carbons (Fsp3) is 0.286. The first-order valence-corrected chi connectivity index (χ1v) is 11.9. The van der Waals surface area contributed by atoms with Gasteiger partial charge in [0.1, 0.15) is 0 Å². The molecule has 3 aromatic rings. The van der Waals surface area contributed by atoms with Crippen molar-refractivity contribution in [3.8, 4) is 0 Å². The Labute approximate surface area is 206 Å². The highest BCUT2D eigenvalue weighted by Gasteiger charge is 2.15. The van der Waals surface area contributed by atoms with E-state index in [-0.39, 0.29) is 11.5 Å². The van der Waals surface area contributed by atoms with E-state index in [1.807, 2.05) is 38.1 Å².